The van der Waals surface area contributed by atoms with Crippen LogP contribution in [0.4, 0.5) is 28.9 Å². The Labute approximate surface area is 212 Å². The van der Waals surface area contributed by atoms with Crippen LogP contribution in [-0.2, 0) is 12.1 Å². The molecule has 194 valence electrons. The van der Waals surface area contributed by atoms with E-state index in [0.717, 1.165) is 25.2 Å². The van der Waals surface area contributed by atoms with Crippen LogP contribution in [0.15, 0.2) is 72.9 Å². The number of alkyl halides is 3. The fourth-order valence-electron chi connectivity index (χ4n) is 4.46. The molecule has 1 unspecified atom stereocenters. The SMILES string of the molecule is CN(C)CCCn1cc(C(O)(c2ccc(Nc3ccc(F)cc3)c(C=N)c2)C(F)(F)F)c2ccccc21. The predicted molar refractivity (Wildman–Crippen MR) is 138 cm³/mol. The van der Waals surface area contributed by atoms with E-state index < -0.39 is 23.2 Å². The average Bonchev–Trinajstić information content (AvgIpc) is 3.23. The van der Waals surface area contributed by atoms with E-state index >= 15 is 0 Å². The van der Waals surface area contributed by atoms with Crippen molar-refractivity contribution in [3.63, 3.8) is 0 Å². The first-order valence-electron chi connectivity index (χ1n) is 11.7. The number of rotatable bonds is 9. The Morgan fingerprint density at radius 2 is 1.73 bits per heavy atom. The highest BCUT2D eigenvalue weighted by Gasteiger charge is 2.57. The topological polar surface area (TPSA) is 64.3 Å². The van der Waals surface area contributed by atoms with Crippen molar-refractivity contribution in [1.29, 1.82) is 5.41 Å². The largest absolute Gasteiger partial charge is 0.425 e. The van der Waals surface area contributed by atoms with Crippen LogP contribution < -0.4 is 5.32 Å². The summed E-state index contributed by atoms with van der Waals surface area (Å²) in [6.07, 6.45) is -2.03. The fourth-order valence-corrected chi connectivity index (χ4v) is 4.46. The number of nitrogens with zero attached hydrogens (tertiary/aromatic N) is 2. The maximum absolute atomic E-state index is 14.7. The molecule has 0 spiro atoms. The van der Waals surface area contributed by atoms with Crippen molar-refractivity contribution >= 4 is 28.5 Å². The molecule has 1 heterocycles. The smallest absolute Gasteiger partial charge is 0.372 e. The standard InChI is InChI=1S/C28H28F4N4O/c1-35(2)14-5-15-36-18-24(23-6-3-4-7-26(23)36)27(37,28(30,31)32)20-8-13-25(19(16-20)17-33)34-22-11-9-21(29)10-12-22/h3-4,6-13,16-18,33-34,37H,5,14-15H2,1-2H3. The van der Waals surface area contributed by atoms with Crippen LogP contribution in [0.25, 0.3) is 10.9 Å². The van der Waals surface area contributed by atoms with Gasteiger partial charge in [0.2, 0.25) is 5.60 Å². The fraction of sp³-hybridized carbons (Fsp3) is 0.250. The van der Waals surface area contributed by atoms with Gasteiger partial charge in [-0.1, -0.05) is 24.3 Å². The maximum Gasteiger partial charge on any atom is 0.425 e. The summed E-state index contributed by atoms with van der Waals surface area (Å²) in [4.78, 5) is 2.00. The van der Waals surface area contributed by atoms with Gasteiger partial charge in [-0.2, -0.15) is 13.2 Å². The van der Waals surface area contributed by atoms with Crippen LogP contribution in [0.5, 0.6) is 0 Å². The third kappa shape index (κ3) is 5.23. The van der Waals surface area contributed by atoms with Crippen LogP contribution in [0, 0.1) is 11.2 Å². The number of aliphatic hydroxyl groups is 1. The lowest BCUT2D eigenvalue weighted by Gasteiger charge is -2.31. The van der Waals surface area contributed by atoms with Crippen molar-refractivity contribution in [3.8, 4) is 0 Å². The lowest BCUT2D eigenvalue weighted by Crippen LogP contribution is -2.43. The Kier molecular flexibility index (Phi) is 7.38. The summed E-state index contributed by atoms with van der Waals surface area (Å²) in [5.41, 5.74) is -2.40. The van der Waals surface area contributed by atoms with Crippen molar-refractivity contribution in [2.45, 2.75) is 24.7 Å². The number of para-hydroxylation sites is 1. The number of anilines is 2. The van der Waals surface area contributed by atoms with E-state index in [-0.39, 0.29) is 11.1 Å². The molecule has 0 fully saturated rings. The first-order chi connectivity index (χ1) is 17.5. The van der Waals surface area contributed by atoms with Crippen LogP contribution in [-0.4, -0.2) is 47.6 Å². The quantitative estimate of drug-likeness (QED) is 0.183. The second-order valence-electron chi connectivity index (χ2n) is 9.20. The van der Waals surface area contributed by atoms with E-state index in [0.29, 0.717) is 28.8 Å². The minimum Gasteiger partial charge on any atom is -0.372 e. The number of halogens is 4. The van der Waals surface area contributed by atoms with Gasteiger partial charge in [0.05, 0.1) is 0 Å². The minimum absolute atomic E-state index is 0.138. The van der Waals surface area contributed by atoms with Crippen molar-refractivity contribution in [3.05, 3.63) is 95.4 Å². The zero-order chi connectivity index (χ0) is 26.8. The molecule has 3 aromatic carbocycles. The van der Waals surface area contributed by atoms with Gasteiger partial charge in [0, 0.05) is 52.4 Å². The summed E-state index contributed by atoms with van der Waals surface area (Å²) >= 11 is 0. The molecule has 0 aliphatic carbocycles. The average molecular weight is 513 g/mol. The number of aromatic nitrogens is 1. The van der Waals surface area contributed by atoms with Gasteiger partial charge in [-0.25, -0.2) is 4.39 Å². The zero-order valence-electron chi connectivity index (χ0n) is 20.5. The van der Waals surface area contributed by atoms with Crippen LogP contribution in [0.3, 0.4) is 0 Å². The lowest BCUT2D eigenvalue weighted by atomic mass is 9.84. The van der Waals surface area contributed by atoms with Gasteiger partial charge < -0.3 is 25.3 Å². The number of aryl methyl sites for hydroxylation is 1. The molecule has 0 bridgehead atoms. The van der Waals surface area contributed by atoms with Crippen LogP contribution >= 0.6 is 0 Å². The molecule has 3 N–H and O–H groups in total. The number of nitrogens with one attached hydrogen (secondary N) is 2. The Balaban J connectivity index is 1.81. The highest BCUT2D eigenvalue weighted by molar-refractivity contribution is 5.89. The first kappa shape index (κ1) is 26.4. The summed E-state index contributed by atoms with van der Waals surface area (Å²) in [5, 5.41) is 22.5. The molecular formula is C28H28F4N4O. The number of benzene rings is 3. The highest BCUT2D eigenvalue weighted by atomic mass is 19.4. The molecule has 5 nitrogen and oxygen atoms in total. The van der Waals surface area contributed by atoms with Crippen molar-refractivity contribution in [2.24, 2.45) is 0 Å². The van der Waals surface area contributed by atoms with E-state index in [1.807, 2.05) is 19.0 Å². The molecule has 37 heavy (non-hydrogen) atoms. The number of hydrogen-bond acceptors (Lipinski definition) is 4. The van der Waals surface area contributed by atoms with Gasteiger partial charge in [0.25, 0.3) is 0 Å². The molecule has 0 radical (unpaired) electrons. The van der Waals surface area contributed by atoms with Gasteiger partial charge in [-0.3, -0.25) is 0 Å². The van der Waals surface area contributed by atoms with Gasteiger partial charge in [0.15, 0.2) is 0 Å². The van der Waals surface area contributed by atoms with Gasteiger partial charge in [-0.15, -0.1) is 0 Å². The van der Waals surface area contributed by atoms with Gasteiger partial charge in [0.1, 0.15) is 5.82 Å². The molecule has 9 heteroatoms. The Morgan fingerprint density at radius 1 is 1.03 bits per heavy atom. The van der Waals surface area contributed by atoms with E-state index in [4.69, 9.17) is 5.41 Å². The molecular weight excluding hydrogens is 484 g/mol. The Morgan fingerprint density at radius 3 is 2.38 bits per heavy atom. The second-order valence-corrected chi connectivity index (χ2v) is 9.20. The van der Waals surface area contributed by atoms with Crippen LogP contribution in [0.2, 0.25) is 0 Å². The molecule has 4 rings (SSSR count). The van der Waals surface area contributed by atoms with E-state index in [9.17, 15) is 22.7 Å². The molecule has 4 aromatic rings. The monoisotopic (exact) mass is 512 g/mol. The third-order valence-corrected chi connectivity index (χ3v) is 6.34. The summed E-state index contributed by atoms with van der Waals surface area (Å²) in [7, 11) is 3.86. The summed E-state index contributed by atoms with van der Waals surface area (Å²) in [6.45, 7) is 1.25. The normalized spacial score (nSPS) is 13.6. The predicted octanol–water partition coefficient (Wildman–Crippen LogP) is 6.27. The maximum atomic E-state index is 14.7. The van der Waals surface area contributed by atoms with Crippen molar-refractivity contribution in [1.82, 2.24) is 9.47 Å². The summed E-state index contributed by atoms with van der Waals surface area (Å²) in [6, 6.07) is 15.9. The molecule has 0 aliphatic heterocycles. The number of fused-ring (bicyclic) bond motifs is 1. The van der Waals surface area contributed by atoms with Crippen molar-refractivity contribution in [2.75, 3.05) is 26.0 Å². The molecule has 1 aromatic heterocycles. The second kappa shape index (κ2) is 10.4. The van der Waals surface area contributed by atoms with E-state index in [1.165, 1.54) is 42.6 Å². The number of hydrogen-bond donors (Lipinski definition) is 3. The van der Waals surface area contributed by atoms with Crippen molar-refractivity contribution < 1.29 is 22.7 Å². The van der Waals surface area contributed by atoms with E-state index in [2.05, 4.69) is 5.32 Å². The first-order valence-corrected chi connectivity index (χ1v) is 11.7. The minimum atomic E-state index is -5.04. The lowest BCUT2D eigenvalue weighted by molar-refractivity contribution is -0.247. The third-order valence-electron chi connectivity index (χ3n) is 6.34. The molecule has 0 amide bonds. The van der Waals surface area contributed by atoms with Crippen LogP contribution in [0.1, 0.15) is 23.1 Å². The molecule has 0 saturated carbocycles. The highest BCUT2D eigenvalue weighted by Crippen LogP contribution is 2.47. The Bertz CT molecular complexity index is 1400. The zero-order valence-corrected chi connectivity index (χ0v) is 20.5. The van der Waals surface area contributed by atoms with Gasteiger partial charge >= 0.3 is 6.18 Å². The molecule has 0 saturated heterocycles. The van der Waals surface area contributed by atoms with Gasteiger partial charge in [-0.05, 0) is 75.1 Å². The molecule has 0 aliphatic rings. The molecule has 1 atom stereocenters. The van der Waals surface area contributed by atoms with E-state index in [1.54, 1.807) is 28.8 Å². The summed E-state index contributed by atoms with van der Waals surface area (Å²) in [5.74, 6) is -0.427. The summed E-state index contributed by atoms with van der Waals surface area (Å²) < 4.78 is 59.1. The Hall–Kier alpha value is -3.69.